The summed E-state index contributed by atoms with van der Waals surface area (Å²) in [5.41, 5.74) is 0.0392. The molecular formula is C22H35N3O3S2. The Morgan fingerprint density at radius 1 is 0.933 bits per heavy atom. The van der Waals surface area contributed by atoms with Gasteiger partial charge in [-0.2, -0.15) is 4.31 Å². The number of hydrogen-bond donors (Lipinski definition) is 1. The van der Waals surface area contributed by atoms with Crippen LogP contribution in [-0.2, 0) is 10.0 Å². The molecule has 3 aliphatic rings. The van der Waals surface area contributed by atoms with E-state index in [4.69, 9.17) is 0 Å². The van der Waals surface area contributed by atoms with Crippen LogP contribution in [0.4, 0.5) is 0 Å². The standard InChI is InChI=1S/C22H35N3O3S2/c26-21(20-19(10-17-29-20)30(27,28)25-15-8-3-9-16-25)23-18-22(11-4-1-5-12-22)24-13-6-2-7-14-24/h10,17H,1-9,11-16,18H2,(H,23,26). The van der Waals surface area contributed by atoms with Crippen LogP contribution in [0.25, 0.3) is 0 Å². The van der Waals surface area contributed by atoms with Gasteiger partial charge >= 0.3 is 0 Å². The summed E-state index contributed by atoms with van der Waals surface area (Å²) in [5.74, 6) is -0.234. The number of sulfonamides is 1. The van der Waals surface area contributed by atoms with E-state index in [9.17, 15) is 13.2 Å². The summed E-state index contributed by atoms with van der Waals surface area (Å²) in [7, 11) is -3.60. The van der Waals surface area contributed by atoms with Gasteiger partial charge in [0.2, 0.25) is 10.0 Å². The van der Waals surface area contributed by atoms with Crippen LogP contribution < -0.4 is 5.32 Å². The van der Waals surface area contributed by atoms with Crippen LogP contribution >= 0.6 is 11.3 Å². The second kappa shape index (κ2) is 9.67. The predicted octanol–water partition coefficient (Wildman–Crippen LogP) is 3.84. The summed E-state index contributed by atoms with van der Waals surface area (Å²) >= 11 is 1.24. The summed E-state index contributed by atoms with van der Waals surface area (Å²) in [4.78, 5) is 16.2. The average Bonchev–Trinajstić information content (AvgIpc) is 3.30. The van der Waals surface area contributed by atoms with E-state index < -0.39 is 10.0 Å². The molecule has 0 radical (unpaired) electrons. The lowest BCUT2D eigenvalue weighted by atomic mass is 9.79. The fourth-order valence-corrected chi connectivity index (χ4v) is 8.25. The minimum Gasteiger partial charge on any atom is -0.349 e. The van der Waals surface area contributed by atoms with Gasteiger partial charge in [0.05, 0.1) is 0 Å². The first-order valence-corrected chi connectivity index (χ1v) is 14.0. The fourth-order valence-electron chi connectivity index (χ4n) is 5.42. The number of thiophene rings is 1. The molecule has 3 fully saturated rings. The fraction of sp³-hybridized carbons (Fsp3) is 0.773. The Morgan fingerprint density at radius 2 is 1.53 bits per heavy atom. The Hall–Kier alpha value is -0.960. The van der Waals surface area contributed by atoms with Crippen LogP contribution in [0.3, 0.4) is 0 Å². The highest BCUT2D eigenvalue weighted by molar-refractivity contribution is 7.89. The first kappa shape index (κ1) is 22.2. The van der Waals surface area contributed by atoms with E-state index in [1.54, 1.807) is 15.8 Å². The summed E-state index contributed by atoms with van der Waals surface area (Å²) in [5, 5.41) is 4.88. The van der Waals surface area contributed by atoms with Gasteiger partial charge in [0, 0.05) is 25.2 Å². The van der Waals surface area contributed by atoms with Crippen molar-refractivity contribution in [3.05, 3.63) is 16.3 Å². The van der Waals surface area contributed by atoms with Crippen molar-refractivity contribution in [3.8, 4) is 0 Å². The number of hydrogen-bond acceptors (Lipinski definition) is 5. The van der Waals surface area contributed by atoms with E-state index in [0.29, 0.717) is 24.5 Å². The summed E-state index contributed by atoms with van der Waals surface area (Å²) in [6.45, 7) is 3.95. The second-order valence-electron chi connectivity index (χ2n) is 9.09. The van der Waals surface area contributed by atoms with Gasteiger partial charge in [0.15, 0.2) is 0 Å². The van der Waals surface area contributed by atoms with Crippen molar-refractivity contribution < 1.29 is 13.2 Å². The van der Waals surface area contributed by atoms with Crippen molar-refractivity contribution >= 4 is 27.3 Å². The quantitative estimate of drug-likeness (QED) is 0.710. The normalized spacial score (nSPS) is 23.9. The highest BCUT2D eigenvalue weighted by Gasteiger charge is 2.39. The maximum Gasteiger partial charge on any atom is 0.262 e. The van der Waals surface area contributed by atoms with Gasteiger partial charge in [0.25, 0.3) is 5.91 Å². The van der Waals surface area contributed by atoms with E-state index in [2.05, 4.69) is 10.2 Å². The molecule has 0 aromatic carbocycles. The number of carbonyl (C=O) groups excluding carboxylic acids is 1. The van der Waals surface area contributed by atoms with Crippen molar-refractivity contribution in [1.82, 2.24) is 14.5 Å². The molecule has 30 heavy (non-hydrogen) atoms. The number of nitrogens with zero attached hydrogens (tertiary/aromatic N) is 2. The number of carbonyl (C=O) groups is 1. The molecule has 0 unspecified atom stereocenters. The first-order chi connectivity index (χ1) is 14.5. The molecule has 0 atom stereocenters. The van der Waals surface area contributed by atoms with Crippen molar-refractivity contribution in [2.75, 3.05) is 32.7 Å². The zero-order chi connectivity index (χ0) is 21.0. The molecule has 0 spiro atoms. The van der Waals surface area contributed by atoms with Gasteiger partial charge in [-0.1, -0.05) is 32.1 Å². The Kier molecular flexibility index (Phi) is 7.17. The summed E-state index contributed by atoms with van der Waals surface area (Å²) in [6.07, 6.45) is 12.6. The Balaban J connectivity index is 1.48. The van der Waals surface area contributed by atoms with E-state index in [-0.39, 0.29) is 16.3 Å². The molecule has 1 aromatic heterocycles. The molecule has 1 saturated carbocycles. The van der Waals surface area contributed by atoms with Gasteiger partial charge < -0.3 is 5.32 Å². The predicted molar refractivity (Wildman–Crippen MR) is 121 cm³/mol. The lowest BCUT2D eigenvalue weighted by Gasteiger charge is -2.48. The molecule has 4 rings (SSSR count). The van der Waals surface area contributed by atoms with Gasteiger partial charge in [-0.05, 0) is 63.1 Å². The molecule has 1 N–H and O–H groups in total. The molecule has 2 aliphatic heterocycles. The van der Waals surface area contributed by atoms with Crippen LogP contribution in [0.2, 0.25) is 0 Å². The maximum absolute atomic E-state index is 13.1. The number of rotatable bonds is 6. The van der Waals surface area contributed by atoms with Crippen molar-refractivity contribution in [3.63, 3.8) is 0 Å². The Labute approximate surface area is 185 Å². The van der Waals surface area contributed by atoms with Gasteiger partial charge in [-0.15, -0.1) is 11.3 Å². The summed E-state index contributed by atoms with van der Waals surface area (Å²) < 4.78 is 27.8. The number of piperidine rings is 2. The van der Waals surface area contributed by atoms with Crippen molar-refractivity contribution in [1.29, 1.82) is 0 Å². The van der Waals surface area contributed by atoms with Crippen LogP contribution in [-0.4, -0.2) is 61.8 Å². The lowest BCUT2D eigenvalue weighted by molar-refractivity contribution is 0.0327. The summed E-state index contributed by atoms with van der Waals surface area (Å²) in [6, 6.07) is 1.60. The largest absolute Gasteiger partial charge is 0.349 e. The van der Waals surface area contributed by atoms with Crippen LogP contribution in [0.1, 0.15) is 80.3 Å². The molecule has 1 aliphatic carbocycles. The molecule has 6 nitrogen and oxygen atoms in total. The van der Waals surface area contributed by atoms with E-state index in [0.717, 1.165) is 45.2 Å². The van der Waals surface area contributed by atoms with Crippen LogP contribution in [0.15, 0.2) is 16.3 Å². The highest BCUT2D eigenvalue weighted by Crippen LogP contribution is 2.35. The molecule has 0 bridgehead atoms. The molecule has 1 aromatic rings. The second-order valence-corrected chi connectivity index (χ2v) is 11.9. The first-order valence-electron chi connectivity index (χ1n) is 11.6. The maximum atomic E-state index is 13.1. The Morgan fingerprint density at radius 3 is 2.20 bits per heavy atom. The van der Waals surface area contributed by atoms with Crippen molar-refractivity contribution in [2.24, 2.45) is 0 Å². The molecule has 8 heteroatoms. The van der Waals surface area contributed by atoms with Gasteiger partial charge in [-0.25, -0.2) is 8.42 Å². The van der Waals surface area contributed by atoms with Crippen LogP contribution in [0, 0.1) is 0 Å². The molecule has 3 heterocycles. The molecule has 1 amide bonds. The van der Waals surface area contributed by atoms with Crippen LogP contribution in [0.5, 0.6) is 0 Å². The SMILES string of the molecule is O=C(NCC1(N2CCCCC2)CCCCC1)c1sccc1S(=O)(=O)N1CCCCC1. The lowest BCUT2D eigenvalue weighted by Crippen LogP contribution is -2.58. The van der Waals surface area contributed by atoms with Crippen molar-refractivity contribution in [2.45, 2.75) is 81.1 Å². The number of amides is 1. The highest BCUT2D eigenvalue weighted by atomic mass is 32.2. The van der Waals surface area contributed by atoms with Gasteiger partial charge in [0.1, 0.15) is 9.77 Å². The van der Waals surface area contributed by atoms with Gasteiger partial charge in [-0.3, -0.25) is 9.69 Å². The third kappa shape index (κ3) is 4.61. The monoisotopic (exact) mass is 453 g/mol. The minimum absolute atomic E-state index is 0.0392. The number of likely N-dealkylation sites (tertiary alicyclic amines) is 1. The zero-order valence-corrected chi connectivity index (χ0v) is 19.5. The zero-order valence-electron chi connectivity index (χ0n) is 17.9. The third-order valence-corrected chi connectivity index (χ3v) is 10.1. The third-order valence-electron chi connectivity index (χ3n) is 7.16. The van der Waals surface area contributed by atoms with E-state index in [1.165, 1.54) is 49.9 Å². The Bertz CT molecular complexity index is 818. The molecular weight excluding hydrogens is 418 g/mol. The smallest absolute Gasteiger partial charge is 0.262 e. The topological polar surface area (TPSA) is 69.7 Å². The molecule has 2 saturated heterocycles. The number of nitrogens with one attached hydrogen (secondary N) is 1. The molecule has 168 valence electrons. The van der Waals surface area contributed by atoms with E-state index in [1.807, 2.05) is 0 Å². The van der Waals surface area contributed by atoms with E-state index >= 15 is 0 Å². The average molecular weight is 454 g/mol. The minimum atomic E-state index is -3.60.